The van der Waals surface area contributed by atoms with Crippen molar-refractivity contribution in [2.45, 2.75) is 25.2 Å². The maximum absolute atomic E-state index is 10.5. The van der Waals surface area contributed by atoms with Gasteiger partial charge in [0.25, 0.3) is 0 Å². The first kappa shape index (κ1) is 10.5. The molecule has 0 spiro atoms. The van der Waals surface area contributed by atoms with E-state index in [1.807, 2.05) is 0 Å². The summed E-state index contributed by atoms with van der Waals surface area (Å²) in [7, 11) is 0. The molecule has 0 radical (unpaired) electrons. The summed E-state index contributed by atoms with van der Waals surface area (Å²) in [5, 5.41) is 34.6. The number of carbonyl (C=O) groups is 1. The Labute approximate surface area is 63.9 Å². The quantitative estimate of drug-likeness (QED) is 0.373. The molecule has 0 bridgehead atoms. The third-order valence-electron chi connectivity index (χ3n) is 1.30. The van der Waals surface area contributed by atoms with Crippen molar-refractivity contribution in [2.75, 3.05) is 6.61 Å². The molecular weight excluding hydrogens is 152 g/mol. The molecule has 0 heterocycles. The lowest BCUT2D eigenvalue weighted by Gasteiger charge is -2.17. The summed E-state index contributed by atoms with van der Waals surface area (Å²) in [6.07, 6.45) is -4.44. The van der Waals surface area contributed by atoms with Gasteiger partial charge in [-0.15, -0.1) is 0 Å². The highest BCUT2D eigenvalue weighted by atomic mass is 16.4. The fourth-order valence-corrected chi connectivity index (χ4v) is 0.548. The third kappa shape index (κ3) is 2.94. The van der Waals surface area contributed by atoms with Crippen molar-refractivity contribution < 1.29 is 25.2 Å². The van der Waals surface area contributed by atoms with Crippen LogP contribution in [0.2, 0.25) is 0 Å². The number of carbonyl (C=O) groups excluding carboxylic acids is 1. The first-order chi connectivity index (χ1) is 5.00. The second-order valence-electron chi connectivity index (χ2n) is 2.30. The van der Waals surface area contributed by atoms with E-state index in [1.54, 1.807) is 0 Å². The van der Waals surface area contributed by atoms with Crippen LogP contribution >= 0.6 is 0 Å². The molecular formula is C6H12O5. The van der Waals surface area contributed by atoms with Crippen LogP contribution in [-0.2, 0) is 4.79 Å². The number of aliphatic hydroxyl groups is 4. The van der Waals surface area contributed by atoms with Gasteiger partial charge in [0.15, 0.2) is 5.78 Å². The molecule has 66 valence electrons. The SMILES string of the molecule is C[C@H](O)[C@@H](O)[C@@H](O)C(=O)CO. The Hall–Kier alpha value is -0.490. The molecule has 0 aromatic carbocycles. The summed E-state index contributed by atoms with van der Waals surface area (Å²) < 4.78 is 0. The zero-order valence-electron chi connectivity index (χ0n) is 6.14. The van der Waals surface area contributed by atoms with Crippen molar-refractivity contribution >= 4 is 5.78 Å². The van der Waals surface area contributed by atoms with Crippen LogP contribution < -0.4 is 0 Å². The van der Waals surface area contributed by atoms with Crippen LogP contribution in [0.3, 0.4) is 0 Å². The molecule has 3 atom stereocenters. The topological polar surface area (TPSA) is 98.0 Å². The Bertz CT molecular complexity index is 133. The molecule has 0 unspecified atom stereocenters. The van der Waals surface area contributed by atoms with Crippen LogP contribution in [0.4, 0.5) is 0 Å². The minimum absolute atomic E-state index is 0.842. The van der Waals surface area contributed by atoms with Crippen molar-refractivity contribution in [1.82, 2.24) is 0 Å². The van der Waals surface area contributed by atoms with Crippen LogP contribution in [0, 0.1) is 0 Å². The summed E-state index contributed by atoms with van der Waals surface area (Å²) in [4.78, 5) is 10.5. The van der Waals surface area contributed by atoms with Crippen molar-refractivity contribution in [1.29, 1.82) is 0 Å². The Morgan fingerprint density at radius 1 is 1.36 bits per heavy atom. The fourth-order valence-electron chi connectivity index (χ4n) is 0.548. The van der Waals surface area contributed by atoms with E-state index >= 15 is 0 Å². The highest BCUT2D eigenvalue weighted by molar-refractivity contribution is 5.84. The van der Waals surface area contributed by atoms with E-state index in [2.05, 4.69) is 0 Å². The van der Waals surface area contributed by atoms with Crippen molar-refractivity contribution in [2.24, 2.45) is 0 Å². The minimum atomic E-state index is -1.71. The van der Waals surface area contributed by atoms with Crippen molar-refractivity contribution in [3.05, 3.63) is 0 Å². The monoisotopic (exact) mass is 164 g/mol. The highest BCUT2D eigenvalue weighted by Crippen LogP contribution is 2.00. The van der Waals surface area contributed by atoms with Gasteiger partial charge in [0.1, 0.15) is 18.8 Å². The summed E-state index contributed by atoms with van der Waals surface area (Å²) in [5.74, 6) is -0.904. The largest absolute Gasteiger partial charge is 0.391 e. The molecule has 0 aliphatic heterocycles. The average Bonchev–Trinajstić information content (AvgIpc) is 2.00. The second kappa shape index (κ2) is 4.40. The lowest BCUT2D eigenvalue weighted by atomic mass is 10.1. The Morgan fingerprint density at radius 3 is 2.09 bits per heavy atom. The maximum Gasteiger partial charge on any atom is 0.189 e. The number of ketones is 1. The molecule has 5 heteroatoms. The van der Waals surface area contributed by atoms with E-state index < -0.39 is 30.7 Å². The van der Waals surface area contributed by atoms with Gasteiger partial charge in [0, 0.05) is 0 Å². The number of rotatable bonds is 4. The van der Waals surface area contributed by atoms with Gasteiger partial charge in [-0.1, -0.05) is 0 Å². The molecule has 0 saturated heterocycles. The van der Waals surface area contributed by atoms with Gasteiger partial charge in [0.05, 0.1) is 6.10 Å². The van der Waals surface area contributed by atoms with Gasteiger partial charge in [-0.2, -0.15) is 0 Å². The number of hydrogen-bond donors (Lipinski definition) is 4. The normalized spacial score (nSPS) is 19.0. The van der Waals surface area contributed by atoms with Gasteiger partial charge in [-0.05, 0) is 6.92 Å². The van der Waals surface area contributed by atoms with Crippen LogP contribution in [-0.4, -0.2) is 51.1 Å². The Morgan fingerprint density at radius 2 is 1.82 bits per heavy atom. The first-order valence-electron chi connectivity index (χ1n) is 3.18. The number of Topliss-reactive ketones (excluding diaryl/α,β-unsaturated/α-hetero) is 1. The van der Waals surface area contributed by atoms with E-state index in [4.69, 9.17) is 20.4 Å². The van der Waals surface area contributed by atoms with Gasteiger partial charge in [-0.25, -0.2) is 0 Å². The molecule has 0 fully saturated rings. The number of hydrogen-bond acceptors (Lipinski definition) is 5. The first-order valence-corrected chi connectivity index (χ1v) is 3.18. The highest BCUT2D eigenvalue weighted by Gasteiger charge is 2.26. The van der Waals surface area contributed by atoms with Gasteiger partial charge < -0.3 is 20.4 Å². The molecule has 0 amide bonds. The lowest BCUT2D eigenvalue weighted by Crippen LogP contribution is -2.42. The Balaban J connectivity index is 4.01. The smallest absolute Gasteiger partial charge is 0.189 e. The van der Waals surface area contributed by atoms with Gasteiger partial charge in [-0.3, -0.25) is 4.79 Å². The van der Waals surface area contributed by atoms with Gasteiger partial charge in [0.2, 0.25) is 0 Å². The molecule has 0 aromatic rings. The molecule has 5 nitrogen and oxygen atoms in total. The lowest BCUT2D eigenvalue weighted by molar-refractivity contribution is -0.140. The van der Waals surface area contributed by atoms with E-state index in [0.717, 1.165) is 0 Å². The van der Waals surface area contributed by atoms with Gasteiger partial charge >= 0.3 is 0 Å². The zero-order valence-corrected chi connectivity index (χ0v) is 6.14. The third-order valence-corrected chi connectivity index (χ3v) is 1.30. The minimum Gasteiger partial charge on any atom is -0.391 e. The predicted octanol–water partition coefficient (Wildman–Crippen LogP) is -2.35. The zero-order chi connectivity index (χ0) is 9.02. The average molecular weight is 164 g/mol. The summed E-state index contributed by atoms with van der Waals surface area (Å²) in [6.45, 7) is 0.392. The number of aliphatic hydroxyl groups excluding tert-OH is 4. The van der Waals surface area contributed by atoms with Crippen molar-refractivity contribution in [3.8, 4) is 0 Å². The maximum atomic E-state index is 10.5. The second-order valence-corrected chi connectivity index (χ2v) is 2.30. The van der Waals surface area contributed by atoms with E-state index in [-0.39, 0.29) is 0 Å². The Kier molecular flexibility index (Phi) is 4.20. The van der Waals surface area contributed by atoms with Crippen molar-refractivity contribution in [3.63, 3.8) is 0 Å². The van der Waals surface area contributed by atoms with E-state index in [0.29, 0.717) is 0 Å². The van der Waals surface area contributed by atoms with Crippen LogP contribution in [0.15, 0.2) is 0 Å². The molecule has 4 N–H and O–H groups in total. The fraction of sp³-hybridized carbons (Fsp3) is 0.833. The summed E-state index contributed by atoms with van der Waals surface area (Å²) in [5.41, 5.74) is 0. The van der Waals surface area contributed by atoms with E-state index in [9.17, 15) is 4.79 Å². The molecule has 0 aromatic heterocycles. The molecule has 0 aliphatic carbocycles. The molecule has 0 rings (SSSR count). The predicted molar refractivity (Wildman–Crippen MR) is 35.8 cm³/mol. The van der Waals surface area contributed by atoms with Crippen LogP contribution in [0.5, 0.6) is 0 Å². The van der Waals surface area contributed by atoms with E-state index in [1.165, 1.54) is 6.92 Å². The summed E-state index contributed by atoms with van der Waals surface area (Å²) in [6, 6.07) is 0. The standard InChI is InChI=1S/C6H12O5/c1-3(8)5(10)6(11)4(9)2-7/h3,5-8,10-11H,2H2,1H3/t3-,5+,6-/m0/s1. The summed E-state index contributed by atoms with van der Waals surface area (Å²) >= 11 is 0. The molecule has 0 saturated carbocycles. The van der Waals surface area contributed by atoms with Crippen LogP contribution in [0.1, 0.15) is 6.92 Å². The van der Waals surface area contributed by atoms with Crippen LogP contribution in [0.25, 0.3) is 0 Å². The molecule has 11 heavy (non-hydrogen) atoms. The molecule has 0 aliphatic rings.